The number of pyridine rings is 1. The number of nitrogens with zero attached hydrogens (tertiary/aromatic N) is 1. The number of aromatic nitrogens is 1. The van der Waals surface area contributed by atoms with E-state index in [1.54, 1.807) is 0 Å². The topological polar surface area (TPSA) is 4.41 Å². The van der Waals surface area contributed by atoms with Crippen LogP contribution in [0.5, 0.6) is 0 Å². The molecule has 10 aromatic rings. The van der Waals surface area contributed by atoms with Crippen LogP contribution in [0.25, 0.3) is 92.7 Å². The van der Waals surface area contributed by atoms with E-state index in [4.69, 9.17) is 0 Å². The second-order valence-corrected chi connectivity index (χ2v) is 12.0. The number of hydrogen-bond donors (Lipinski definition) is 0. The number of benzene rings is 8. The third-order valence-corrected chi connectivity index (χ3v) is 9.70. The molecule has 2 heterocycles. The van der Waals surface area contributed by atoms with Crippen LogP contribution in [0.2, 0.25) is 0 Å². The molecule has 0 spiro atoms. The minimum atomic E-state index is 1.20. The lowest BCUT2D eigenvalue weighted by molar-refractivity contribution is 1.30. The maximum Gasteiger partial charge on any atom is 0.0626 e. The van der Waals surface area contributed by atoms with Crippen LogP contribution in [0.15, 0.2) is 164 Å². The third kappa shape index (κ3) is 3.33. The molecular formula is C44H27N. The van der Waals surface area contributed by atoms with Gasteiger partial charge in [-0.25, -0.2) is 0 Å². The van der Waals surface area contributed by atoms with Gasteiger partial charge in [0.05, 0.1) is 16.7 Å². The smallest absolute Gasteiger partial charge is 0.0626 e. The monoisotopic (exact) mass is 569 g/mol. The molecule has 2 aromatic heterocycles. The van der Waals surface area contributed by atoms with Gasteiger partial charge in [0, 0.05) is 27.1 Å². The Balaban J connectivity index is 1.66. The van der Waals surface area contributed by atoms with E-state index in [0.717, 1.165) is 0 Å². The Bertz CT molecular complexity index is 2590. The predicted molar refractivity (Wildman–Crippen MR) is 193 cm³/mol. The summed E-state index contributed by atoms with van der Waals surface area (Å²) >= 11 is 0. The van der Waals surface area contributed by atoms with Gasteiger partial charge in [0.2, 0.25) is 0 Å². The van der Waals surface area contributed by atoms with E-state index in [0.29, 0.717) is 0 Å². The quantitative estimate of drug-likeness (QED) is 0.182. The molecule has 1 heteroatoms. The average Bonchev–Trinajstić information content (AvgIpc) is 3.53. The van der Waals surface area contributed by atoms with Gasteiger partial charge in [-0.1, -0.05) is 158 Å². The van der Waals surface area contributed by atoms with Crippen molar-refractivity contribution in [1.82, 2.24) is 4.40 Å². The van der Waals surface area contributed by atoms with Crippen LogP contribution >= 0.6 is 0 Å². The van der Waals surface area contributed by atoms with Crippen molar-refractivity contribution in [2.24, 2.45) is 0 Å². The zero-order valence-electron chi connectivity index (χ0n) is 24.5. The summed E-state index contributed by atoms with van der Waals surface area (Å²) in [6.07, 6.45) is 0. The molecule has 0 amide bonds. The highest BCUT2D eigenvalue weighted by Crippen LogP contribution is 2.49. The molecule has 0 saturated heterocycles. The van der Waals surface area contributed by atoms with Gasteiger partial charge in [-0.15, -0.1) is 0 Å². The molecule has 10 rings (SSSR count). The van der Waals surface area contributed by atoms with E-state index >= 15 is 0 Å². The lowest BCUT2D eigenvalue weighted by atomic mass is 9.87. The fraction of sp³-hybridized carbons (Fsp3) is 0. The van der Waals surface area contributed by atoms with Crippen LogP contribution in [0.4, 0.5) is 0 Å². The average molecular weight is 570 g/mol. The molecule has 8 aromatic carbocycles. The van der Waals surface area contributed by atoms with E-state index in [9.17, 15) is 0 Å². The summed E-state index contributed by atoms with van der Waals surface area (Å²) in [5, 5.41) is 14.2. The highest BCUT2D eigenvalue weighted by molar-refractivity contribution is 6.42. The zero-order valence-corrected chi connectivity index (χ0v) is 24.5. The van der Waals surface area contributed by atoms with Crippen LogP contribution in [-0.2, 0) is 0 Å². The first kappa shape index (κ1) is 24.5. The Morgan fingerprint density at radius 2 is 0.667 bits per heavy atom. The summed E-state index contributed by atoms with van der Waals surface area (Å²) in [5.41, 5.74) is 7.39. The molecule has 0 atom stereocenters. The Kier molecular flexibility index (Phi) is 5.06. The molecule has 208 valence electrons. The molecule has 1 nitrogen and oxygen atoms in total. The zero-order chi connectivity index (χ0) is 29.5. The highest BCUT2D eigenvalue weighted by atomic mass is 14.9. The first-order chi connectivity index (χ1) is 22.4. The molecular weight excluding hydrogens is 542 g/mol. The van der Waals surface area contributed by atoms with Crippen LogP contribution in [0, 0.1) is 0 Å². The van der Waals surface area contributed by atoms with Crippen molar-refractivity contribution in [3.8, 4) is 22.4 Å². The van der Waals surface area contributed by atoms with Crippen molar-refractivity contribution >= 4 is 70.3 Å². The molecule has 0 radical (unpaired) electrons. The van der Waals surface area contributed by atoms with Gasteiger partial charge in [-0.3, -0.25) is 0 Å². The number of fused-ring (bicyclic) bond motifs is 16. The fourth-order valence-electron chi connectivity index (χ4n) is 7.90. The molecule has 0 saturated carbocycles. The van der Waals surface area contributed by atoms with E-state index in [-0.39, 0.29) is 0 Å². The van der Waals surface area contributed by atoms with E-state index in [2.05, 4.69) is 168 Å². The lowest BCUT2D eigenvalue weighted by Crippen LogP contribution is -1.98. The van der Waals surface area contributed by atoms with Crippen LogP contribution in [0.1, 0.15) is 0 Å². The van der Waals surface area contributed by atoms with Gasteiger partial charge in [0.1, 0.15) is 0 Å². The van der Waals surface area contributed by atoms with Crippen LogP contribution < -0.4 is 0 Å². The van der Waals surface area contributed by atoms with Gasteiger partial charge in [-0.05, 0) is 54.9 Å². The number of hydrogen-bond acceptors (Lipinski definition) is 0. The van der Waals surface area contributed by atoms with Gasteiger partial charge in [-0.2, -0.15) is 0 Å². The first-order valence-corrected chi connectivity index (χ1v) is 15.6. The Morgan fingerprint density at radius 3 is 1.20 bits per heavy atom. The molecule has 0 N–H and O–H groups in total. The predicted octanol–water partition coefficient (Wildman–Crippen LogP) is 12.2. The van der Waals surface area contributed by atoms with Gasteiger partial charge in [0.15, 0.2) is 0 Å². The summed E-state index contributed by atoms with van der Waals surface area (Å²) in [5.74, 6) is 0. The standard InChI is InChI=1S/C44H27N/c1-3-15-28(16-4-1)38-27-39(29-17-5-2-6-18-29)45-43-37-26-14-10-22-33(37)32-21-9-13-25-36(32)41(43)40-34-23-11-7-19-30(34)31-20-8-12-24-35(31)42(40)44(38)45/h1-27H. The van der Waals surface area contributed by atoms with Gasteiger partial charge >= 0.3 is 0 Å². The first-order valence-electron chi connectivity index (χ1n) is 15.6. The van der Waals surface area contributed by atoms with Crippen molar-refractivity contribution in [2.75, 3.05) is 0 Å². The largest absolute Gasteiger partial charge is 0.307 e. The summed E-state index contributed by atoms with van der Waals surface area (Å²) in [4.78, 5) is 0. The van der Waals surface area contributed by atoms with Crippen molar-refractivity contribution < 1.29 is 0 Å². The molecule has 0 aliphatic carbocycles. The minimum absolute atomic E-state index is 1.20. The van der Waals surface area contributed by atoms with E-state index in [1.165, 1.54) is 92.7 Å². The SMILES string of the molecule is c1ccc(-c2cc(-c3ccccc3)n3c2c2c4ccccc4c4ccccc4c2c2c4ccccc4c4ccccc4c23)cc1. The molecule has 0 bridgehead atoms. The second kappa shape index (κ2) is 9.29. The van der Waals surface area contributed by atoms with Crippen molar-refractivity contribution in [3.05, 3.63) is 164 Å². The second-order valence-electron chi connectivity index (χ2n) is 12.0. The summed E-state index contributed by atoms with van der Waals surface area (Å²) in [6.45, 7) is 0. The fourth-order valence-corrected chi connectivity index (χ4v) is 7.90. The summed E-state index contributed by atoms with van der Waals surface area (Å²) < 4.78 is 2.59. The lowest BCUT2D eigenvalue weighted by Gasteiger charge is -2.20. The van der Waals surface area contributed by atoms with Crippen LogP contribution in [0.3, 0.4) is 0 Å². The number of rotatable bonds is 2. The third-order valence-electron chi connectivity index (χ3n) is 9.70. The normalized spacial score (nSPS) is 12.0. The molecule has 0 aliphatic rings. The van der Waals surface area contributed by atoms with E-state index in [1.807, 2.05) is 0 Å². The highest BCUT2D eigenvalue weighted by Gasteiger charge is 2.24. The maximum absolute atomic E-state index is 2.59. The van der Waals surface area contributed by atoms with Gasteiger partial charge < -0.3 is 4.40 Å². The summed E-state index contributed by atoms with van der Waals surface area (Å²) in [6, 6.07) is 60.2. The molecule has 0 unspecified atom stereocenters. The van der Waals surface area contributed by atoms with E-state index < -0.39 is 0 Å². The molecule has 45 heavy (non-hydrogen) atoms. The molecule has 0 aliphatic heterocycles. The van der Waals surface area contributed by atoms with Gasteiger partial charge in [0.25, 0.3) is 0 Å². The Morgan fingerprint density at radius 1 is 0.289 bits per heavy atom. The Labute approximate surface area is 260 Å². The Hall–Kier alpha value is -5.92. The van der Waals surface area contributed by atoms with Crippen molar-refractivity contribution in [3.63, 3.8) is 0 Å². The summed E-state index contributed by atoms with van der Waals surface area (Å²) in [7, 11) is 0. The van der Waals surface area contributed by atoms with Crippen LogP contribution in [-0.4, -0.2) is 4.40 Å². The molecule has 0 fully saturated rings. The minimum Gasteiger partial charge on any atom is -0.307 e. The van der Waals surface area contributed by atoms with Crippen molar-refractivity contribution in [1.29, 1.82) is 0 Å². The van der Waals surface area contributed by atoms with Crippen molar-refractivity contribution in [2.45, 2.75) is 0 Å². The maximum atomic E-state index is 2.59.